The van der Waals surface area contributed by atoms with Gasteiger partial charge in [0.15, 0.2) is 0 Å². The number of nitriles is 1. The molecule has 1 saturated carbocycles. The van der Waals surface area contributed by atoms with E-state index in [1.165, 1.54) is 12.8 Å². The lowest BCUT2D eigenvalue weighted by Gasteiger charge is -2.20. The molecule has 0 atom stereocenters. The molecule has 2 rings (SSSR count). The third kappa shape index (κ3) is 2.19. The lowest BCUT2D eigenvalue weighted by Crippen LogP contribution is -2.28. The smallest absolute Gasteiger partial charge is 0.227 e. The molecule has 1 aromatic heterocycles. The summed E-state index contributed by atoms with van der Waals surface area (Å²) in [5, 5.41) is 8.87. The van der Waals surface area contributed by atoms with Crippen molar-refractivity contribution in [1.82, 2.24) is 9.97 Å². The van der Waals surface area contributed by atoms with E-state index >= 15 is 0 Å². The molecule has 1 aliphatic rings. The highest BCUT2D eigenvalue weighted by Gasteiger charge is 2.30. The van der Waals surface area contributed by atoms with Crippen molar-refractivity contribution in [3.8, 4) is 6.07 Å². The first-order chi connectivity index (χ1) is 7.74. The zero-order chi connectivity index (χ0) is 11.5. The number of nitrogens with zero attached hydrogens (tertiary/aromatic N) is 4. The minimum absolute atomic E-state index is 0.428. The molecule has 0 spiro atoms. The van der Waals surface area contributed by atoms with E-state index < -0.39 is 0 Å². The SMILES string of the molecule is C=CCN(c1nc(C)cc(C#N)n1)C1CC1. The molecule has 0 aliphatic heterocycles. The van der Waals surface area contributed by atoms with Crippen molar-refractivity contribution in [3.63, 3.8) is 0 Å². The Morgan fingerprint density at radius 3 is 2.94 bits per heavy atom. The van der Waals surface area contributed by atoms with Crippen LogP contribution in [-0.2, 0) is 0 Å². The predicted molar refractivity (Wildman–Crippen MR) is 62.0 cm³/mol. The highest BCUT2D eigenvalue weighted by atomic mass is 15.3. The normalized spacial score (nSPS) is 14.2. The molecule has 1 heterocycles. The Hall–Kier alpha value is -1.89. The van der Waals surface area contributed by atoms with Crippen molar-refractivity contribution < 1.29 is 0 Å². The van der Waals surface area contributed by atoms with E-state index in [0.717, 1.165) is 12.2 Å². The van der Waals surface area contributed by atoms with Gasteiger partial charge in [-0.3, -0.25) is 0 Å². The predicted octanol–water partition coefficient (Wildman–Crippen LogP) is 1.81. The first-order valence-corrected chi connectivity index (χ1v) is 5.38. The Bertz CT molecular complexity index is 443. The van der Waals surface area contributed by atoms with Crippen LogP contribution >= 0.6 is 0 Å². The lowest BCUT2D eigenvalue weighted by atomic mass is 10.3. The van der Waals surface area contributed by atoms with E-state index in [2.05, 4.69) is 27.5 Å². The fourth-order valence-corrected chi connectivity index (χ4v) is 1.66. The van der Waals surface area contributed by atoms with Gasteiger partial charge >= 0.3 is 0 Å². The second-order valence-corrected chi connectivity index (χ2v) is 3.98. The van der Waals surface area contributed by atoms with E-state index in [0.29, 0.717) is 17.7 Å². The van der Waals surface area contributed by atoms with Gasteiger partial charge in [-0.2, -0.15) is 5.26 Å². The number of aromatic nitrogens is 2. The topological polar surface area (TPSA) is 52.8 Å². The summed E-state index contributed by atoms with van der Waals surface area (Å²) >= 11 is 0. The minimum atomic E-state index is 0.428. The Kier molecular flexibility index (Phi) is 2.86. The molecule has 1 aliphatic carbocycles. The first-order valence-electron chi connectivity index (χ1n) is 5.38. The molecule has 4 nitrogen and oxygen atoms in total. The summed E-state index contributed by atoms with van der Waals surface area (Å²) in [7, 11) is 0. The van der Waals surface area contributed by atoms with Crippen LogP contribution in [-0.4, -0.2) is 22.6 Å². The zero-order valence-electron chi connectivity index (χ0n) is 9.35. The largest absolute Gasteiger partial charge is 0.334 e. The van der Waals surface area contributed by atoms with Gasteiger partial charge in [0.1, 0.15) is 11.8 Å². The average Bonchev–Trinajstić information content (AvgIpc) is 3.08. The molecule has 1 aromatic rings. The summed E-state index contributed by atoms with van der Waals surface area (Å²) in [4.78, 5) is 10.7. The van der Waals surface area contributed by atoms with Crippen molar-refractivity contribution in [2.24, 2.45) is 0 Å². The number of anilines is 1. The van der Waals surface area contributed by atoms with Crippen molar-refractivity contribution in [2.45, 2.75) is 25.8 Å². The van der Waals surface area contributed by atoms with Gasteiger partial charge in [0, 0.05) is 18.3 Å². The van der Waals surface area contributed by atoms with Gasteiger partial charge in [-0.15, -0.1) is 6.58 Å². The number of rotatable bonds is 4. The maximum atomic E-state index is 8.87. The quantitative estimate of drug-likeness (QED) is 0.717. The van der Waals surface area contributed by atoms with Crippen LogP contribution < -0.4 is 4.90 Å². The standard InChI is InChI=1S/C12H14N4/c1-3-6-16(11-4-5-11)12-14-9(2)7-10(8-13)15-12/h3,7,11H,1,4-6H2,2H3. The fourth-order valence-electron chi connectivity index (χ4n) is 1.66. The fraction of sp³-hybridized carbons (Fsp3) is 0.417. The Morgan fingerprint density at radius 1 is 1.62 bits per heavy atom. The third-order valence-corrected chi connectivity index (χ3v) is 2.53. The third-order valence-electron chi connectivity index (χ3n) is 2.53. The molecule has 0 amide bonds. The summed E-state index contributed by atoms with van der Waals surface area (Å²) in [5.41, 5.74) is 1.26. The maximum absolute atomic E-state index is 8.87. The van der Waals surface area contributed by atoms with E-state index in [9.17, 15) is 0 Å². The molecule has 0 radical (unpaired) electrons. The van der Waals surface area contributed by atoms with E-state index in [1.54, 1.807) is 6.07 Å². The van der Waals surface area contributed by atoms with Crippen LogP contribution in [0.4, 0.5) is 5.95 Å². The average molecular weight is 214 g/mol. The highest BCUT2D eigenvalue weighted by Crippen LogP contribution is 2.29. The second-order valence-electron chi connectivity index (χ2n) is 3.98. The monoisotopic (exact) mass is 214 g/mol. The maximum Gasteiger partial charge on any atom is 0.227 e. The molecule has 0 N–H and O–H groups in total. The summed E-state index contributed by atoms with van der Waals surface area (Å²) in [6, 6.07) is 4.28. The van der Waals surface area contributed by atoms with Gasteiger partial charge in [-0.05, 0) is 25.8 Å². The molecular formula is C12H14N4. The van der Waals surface area contributed by atoms with Crippen LogP contribution in [0.25, 0.3) is 0 Å². The van der Waals surface area contributed by atoms with Crippen molar-refractivity contribution in [1.29, 1.82) is 5.26 Å². The van der Waals surface area contributed by atoms with Crippen molar-refractivity contribution >= 4 is 5.95 Å². The van der Waals surface area contributed by atoms with Gasteiger partial charge in [-0.25, -0.2) is 9.97 Å². The molecule has 0 bridgehead atoms. The summed E-state index contributed by atoms with van der Waals surface area (Å²) in [6.07, 6.45) is 4.19. The second kappa shape index (κ2) is 4.31. The molecule has 4 heteroatoms. The molecule has 0 saturated heterocycles. The van der Waals surface area contributed by atoms with Crippen molar-refractivity contribution in [2.75, 3.05) is 11.4 Å². The summed E-state index contributed by atoms with van der Waals surface area (Å²) < 4.78 is 0. The van der Waals surface area contributed by atoms with Crippen LogP contribution in [0.15, 0.2) is 18.7 Å². The Morgan fingerprint density at radius 2 is 2.38 bits per heavy atom. The van der Waals surface area contributed by atoms with Crippen LogP contribution in [0.5, 0.6) is 0 Å². The van der Waals surface area contributed by atoms with E-state index in [1.807, 2.05) is 13.0 Å². The molecule has 0 aromatic carbocycles. The first kappa shape index (κ1) is 10.6. The van der Waals surface area contributed by atoms with Crippen LogP contribution in [0, 0.1) is 18.3 Å². The van der Waals surface area contributed by atoms with Gasteiger partial charge in [0.05, 0.1) is 0 Å². The number of aryl methyl sites for hydroxylation is 1. The van der Waals surface area contributed by atoms with Crippen LogP contribution in [0.1, 0.15) is 24.2 Å². The molecular weight excluding hydrogens is 200 g/mol. The van der Waals surface area contributed by atoms with E-state index in [4.69, 9.17) is 5.26 Å². The highest BCUT2D eigenvalue weighted by molar-refractivity contribution is 5.39. The Balaban J connectivity index is 2.32. The van der Waals surface area contributed by atoms with Crippen LogP contribution in [0.2, 0.25) is 0 Å². The lowest BCUT2D eigenvalue weighted by molar-refractivity contribution is 0.809. The zero-order valence-corrected chi connectivity index (χ0v) is 9.35. The van der Waals surface area contributed by atoms with Gasteiger partial charge in [-0.1, -0.05) is 6.08 Å². The van der Waals surface area contributed by atoms with E-state index in [-0.39, 0.29) is 0 Å². The summed E-state index contributed by atoms with van der Waals surface area (Å²) in [6.45, 7) is 6.35. The Labute approximate surface area is 95.2 Å². The summed E-state index contributed by atoms with van der Waals surface area (Å²) in [5.74, 6) is 0.652. The number of hydrogen-bond donors (Lipinski definition) is 0. The molecule has 0 unspecified atom stereocenters. The molecule has 16 heavy (non-hydrogen) atoms. The van der Waals surface area contributed by atoms with Gasteiger partial charge < -0.3 is 4.90 Å². The van der Waals surface area contributed by atoms with Gasteiger partial charge in [0.2, 0.25) is 5.95 Å². The minimum Gasteiger partial charge on any atom is -0.334 e. The molecule has 82 valence electrons. The van der Waals surface area contributed by atoms with Crippen LogP contribution in [0.3, 0.4) is 0 Å². The molecule has 1 fully saturated rings. The number of hydrogen-bond acceptors (Lipinski definition) is 4. The van der Waals surface area contributed by atoms with Gasteiger partial charge in [0.25, 0.3) is 0 Å². The van der Waals surface area contributed by atoms with Crippen molar-refractivity contribution in [3.05, 3.63) is 30.1 Å².